The lowest BCUT2D eigenvalue weighted by Crippen LogP contribution is -2.41. The Bertz CT molecular complexity index is 1340. The lowest BCUT2D eigenvalue weighted by Gasteiger charge is -2.28. The van der Waals surface area contributed by atoms with Crippen LogP contribution in [0.3, 0.4) is 0 Å². The van der Waals surface area contributed by atoms with E-state index in [2.05, 4.69) is 10.5 Å². The monoisotopic (exact) mass is 521 g/mol. The minimum atomic E-state index is -0.296. The minimum absolute atomic E-state index is 0.0763. The van der Waals surface area contributed by atoms with Crippen LogP contribution in [0.25, 0.3) is 17.4 Å². The molecule has 2 aromatic carbocycles. The predicted molar refractivity (Wildman–Crippen MR) is 139 cm³/mol. The van der Waals surface area contributed by atoms with Crippen molar-refractivity contribution in [2.75, 3.05) is 26.7 Å². The number of nitrogens with zero attached hydrogens (tertiary/aromatic N) is 2. The molecule has 0 spiro atoms. The lowest BCUT2D eigenvalue weighted by molar-refractivity contribution is -0.125. The maximum Gasteiger partial charge on any atom is 0.273 e. The Balaban J connectivity index is 1.21. The smallest absolute Gasteiger partial charge is 0.273 e. The van der Waals surface area contributed by atoms with Crippen LogP contribution in [0.2, 0.25) is 5.02 Å². The molecule has 8 nitrogen and oxygen atoms in total. The number of phenols is 1. The maximum absolute atomic E-state index is 12.9. The Hall–Kier alpha value is -3.78. The van der Waals surface area contributed by atoms with Crippen molar-refractivity contribution < 1.29 is 24.0 Å². The van der Waals surface area contributed by atoms with Gasteiger partial charge in [-0.25, -0.2) is 0 Å². The molecular weight excluding hydrogens is 494 g/mol. The zero-order chi connectivity index (χ0) is 26.0. The van der Waals surface area contributed by atoms with Gasteiger partial charge in [0.05, 0.1) is 12.1 Å². The second-order valence-electron chi connectivity index (χ2n) is 9.70. The molecule has 5 rings (SSSR count). The molecule has 2 amide bonds. The molecule has 1 aromatic heterocycles. The van der Waals surface area contributed by atoms with E-state index in [9.17, 15) is 14.7 Å². The minimum Gasteiger partial charge on any atom is -0.508 e. The number of ether oxygens (including phenoxy) is 1. The summed E-state index contributed by atoms with van der Waals surface area (Å²) in [6.07, 6.45) is 6.23. The van der Waals surface area contributed by atoms with Gasteiger partial charge in [-0.15, -0.1) is 0 Å². The second-order valence-corrected chi connectivity index (χ2v) is 10.1. The van der Waals surface area contributed by atoms with Gasteiger partial charge < -0.3 is 24.6 Å². The van der Waals surface area contributed by atoms with Gasteiger partial charge in [0.1, 0.15) is 11.5 Å². The molecular formula is C28H28ClN3O5. The van der Waals surface area contributed by atoms with Crippen molar-refractivity contribution in [2.45, 2.75) is 19.3 Å². The summed E-state index contributed by atoms with van der Waals surface area (Å²) in [6, 6.07) is 13.6. The third-order valence-corrected chi connectivity index (χ3v) is 7.79. The molecule has 1 aliphatic heterocycles. The molecule has 9 heteroatoms. The molecule has 0 radical (unpaired) electrons. The fourth-order valence-electron chi connectivity index (χ4n) is 5.41. The first-order valence-corrected chi connectivity index (χ1v) is 12.6. The normalized spacial score (nSPS) is 20.8. The third-order valence-electron chi connectivity index (χ3n) is 7.46. The summed E-state index contributed by atoms with van der Waals surface area (Å²) < 4.78 is 10.6. The zero-order valence-electron chi connectivity index (χ0n) is 20.4. The van der Waals surface area contributed by atoms with E-state index in [1.165, 1.54) is 18.2 Å². The number of hydrogen-bond acceptors (Lipinski definition) is 6. The number of aromatic hydroxyl groups is 1. The summed E-state index contributed by atoms with van der Waals surface area (Å²) >= 11 is 6.15. The van der Waals surface area contributed by atoms with Gasteiger partial charge in [-0.2, -0.15) is 0 Å². The van der Waals surface area contributed by atoms with Gasteiger partial charge in [-0.3, -0.25) is 9.59 Å². The third kappa shape index (κ3) is 5.20. The number of amides is 2. The Morgan fingerprint density at radius 1 is 1.27 bits per heavy atom. The van der Waals surface area contributed by atoms with Crippen LogP contribution in [0.5, 0.6) is 11.5 Å². The number of phenolic OH excluding ortho intramolecular Hbond substituents is 1. The number of hydrogen-bond donors (Lipinski definition) is 2. The molecule has 0 unspecified atom stereocenters. The van der Waals surface area contributed by atoms with Crippen LogP contribution in [0.4, 0.5) is 0 Å². The average molecular weight is 522 g/mol. The number of methoxy groups -OCH3 is 1. The van der Waals surface area contributed by atoms with Gasteiger partial charge in [0.15, 0.2) is 11.5 Å². The standard InChI is InChI=1S/C28H28ClN3O5/c1-36-22-9-5-19(6-10-22)25-14-24(31-37-25)27(35)30-16-28-12-2-3-20(28)15-32(17-28)26(34)11-7-18-4-8-21(33)13-23(18)29/h4-11,13-14,20,33H,2-3,12,15-17H2,1H3,(H,30,35)/b11-7+/t20-,28-/m0/s1. The van der Waals surface area contributed by atoms with Gasteiger partial charge in [0.25, 0.3) is 5.91 Å². The van der Waals surface area contributed by atoms with Crippen molar-refractivity contribution in [2.24, 2.45) is 11.3 Å². The van der Waals surface area contributed by atoms with Crippen molar-refractivity contribution in [3.05, 3.63) is 70.9 Å². The van der Waals surface area contributed by atoms with Crippen LogP contribution in [-0.2, 0) is 4.79 Å². The first-order valence-electron chi connectivity index (χ1n) is 12.2. The van der Waals surface area contributed by atoms with E-state index < -0.39 is 0 Å². The van der Waals surface area contributed by atoms with E-state index in [-0.39, 0.29) is 28.7 Å². The number of benzene rings is 2. The quantitative estimate of drug-likeness (QED) is 0.433. The van der Waals surface area contributed by atoms with Crippen LogP contribution < -0.4 is 10.1 Å². The number of halogens is 1. The predicted octanol–water partition coefficient (Wildman–Crippen LogP) is 4.78. The van der Waals surface area contributed by atoms with Gasteiger partial charge in [0, 0.05) is 42.8 Å². The molecule has 1 saturated carbocycles. The molecule has 3 aromatic rings. The maximum atomic E-state index is 12.9. The molecule has 1 aliphatic carbocycles. The Labute approximate surface area is 219 Å². The van der Waals surface area contributed by atoms with Gasteiger partial charge in [0.2, 0.25) is 5.91 Å². The van der Waals surface area contributed by atoms with Crippen LogP contribution in [0, 0.1) is 11.3 Å². The van der Waals surface area contributed by atoms with Gasteiger partial charge in [-0.05, 0) is 72.9 Å². The molecule has 2 fully saturated rings. The first kappa shape index (κ1) is 24.9. The van der Waals surface area contributed by atoms with E-state index in [1.54, 1.807) is 25.3 Å². The SMILES string of the molecule is COc1ccc(-c2cc(C(=O)NC[C@]34CCC[C@H]3CN(C(=O)/C=C/c3ccc(O)cc3Cl)C4)no2)cc1. The molecule has 2 atom stereocenters. The highest BCUT2D eigenvalue weighted by molar-refractivity contribution is 6.32. The molecule has 2 N–H and O–H groups in total. The van der Waals surface area contributed by atoms with Crippen molar-refractivity contribution in [1.29, 1.82) is 0 Å². The van der Waals surface area contributed by atoms with Crippen LogP contribution in [0.1, 0.15) is 35.3 Å². The van der Waals surface area contributed by atoms with E-state index in [4.69, 9.17) is 20.9 Å². The average Bonchev–Trinajstić information content (AvgIpc) is 3.62. The number of carbonyl (C=O) groups excluding carboxylic acids is 2. The molecule has 0 bridgehead atoms. The first-order chi connectivity index (χ1) is 17.9. The van der Waals surface area contributed by atoms with Crippen molar-refractivity contribution >= 4 is 29.5 Å². The molecule has 2 heterocycles. The summed E-state index contributed by atoms with van der Waals surface area (Å²) in [5.41, 5.74) is 1.53. The topological polar surface area (TPSA) is 105 Å². The van der Waals surface area contributed by atoms with Gasteiger partial charge in [-0.1, -0.05) is 23.2 Å². The molecule has 37 heavy (non-hydrogen) atoms. The van der Waals surface area contributed by atoms with Crippen molar-refractivity contribution in [1.82, 2.24) is 15.4 Å². The summed E-state index contributed by atoms with van der Waals surface area (Å²) in [7, 11) is 1.60. The highest BCUT2D eigenvalue weighted by Gasteiger charge is 2.50. The Kier molecular flexibility index (Phi) is 6.93. The summed E-state index contributed by atoms with van der Waals surface area (Å²) in [5, 5.41) is 16.9. The van der Waals surface area contributed by atoms with Gasteiger partial charge >= 0.3 is 0 Å². The Morgan fingerprint density at radius 3 is 2.84 bits per heavy atom. The van der Waals surface area contributed by atoms with E-state index in [0.29, 0.717) is 41.9 Å². The summed E-state index contributed by atoms with van der Waals surface area (Å²) in [4.78, 5) is 27.7. The Morgan fingerprint density at radius 2 is 2.08 bits per heavy atom. The zero-order valence-corrected chi connectivity index (χ0v) is 21.2. The number of fused-ring (bicyclic) bond motifs is 1. The highest BCUT2D eigenvalue weighted by atomic mass is 35.5. The molecule has 1 saturated heterocycles. The van der Waals surface area contributed by atoms with E-state index in [0.717, 1.165) is 30.6 Å². The number of nitrogens with one attached hydrogen (secondary N) is 1. The van der Waals surface area contributed by atoms with E-state index in [1.807, 2.05) is 29.2 Å². The summed E-state index contributed by atoms with van der Waals surface area (Å²) in [5.74, 6) is 1.25. The fraction of sp³-hybridized carbons (Fsp3) is 0.321. The van der Waals surface area contributed by atoms with Crippen LogP contribution in [-0.4, -0.2) is 53.7 Å². The largest absolute Gasteiger partial charge is 0.508 e. The molecule has 192 valence electrons. The number of rotatable bonds is 7. The number of aromatic nitrogens is 1. The van der Waals surface area contributed by atoms with E-state index >= 15 is 0 Å². The summed E-state index contributed by atoms with van der Waals surface area (Å²) in [6.45, 7) is 1.72. The van der Waals surface area contributed by atoms with Crippen molar-refractivity contribution in [3.63, 3.8) is 0 Å². The van der Waals surface area contributed by atoms with Crippen LogP contribution in [0.15, 0.2) is 59.1 Å². The second kappa shape index (κ2) is 10.3. The highest BCUT2D eigenvalue weighted by Crippen LogP contribution is 2.48. The van der Waals surface area contributed by atoms with Crippen LogP contribution >= 0.6 is 11.6 Å². The van der Waals surface area contributed by atoms with Crippen molar-refractivity contribution in [3.8, 4) is 22.8 Å². The lowest BCUT2D eigenvalue weighted by atomic mass is 9.80. The number of likely N-dealkylation sites (tertiary alicyclic amines) is 1. The number of carbonyl (C=O) groups is 2. The fourth-order valence-corrected chi connectivity index (χ4v) is 5.65. The molecule has 2 aliphatic rings.